The molecule has 1 aliphatic heterocycles. The fourth-order valence-electron chi connectivity index (χ4n) is 2.18. The van der Waals surface area contributed by atoms with E-state index in [4.69, 9.17) is 4.74 Å². The van der Waals surface area contributed by atoms with Crippen LogP contribution in [-0.4, -0.2) is 35.6 Å². The molecule has 20 heavy (non-hydrogen) atoms. The number of rotatable bonds is 4. The van der Waals surface area contributed by atoms with Gasteiger partial charge in [0.25, 0.3) is 0 Å². The number of carbonyl (C=O) groups excluding carboxylic acids is 2. The maximum Gasteiger partial charge on any atom is 0.355 e. The summed E-state index contributed by atoms with van der Waals surface area (Å²) in [5.41, 5.74) is 1.04. The molecule has 7 heteroatoms. The van der Waals surface area contributed by atoms with E-state index in [1.54, 1.807) is 30.8 Å². The maximum absolute atomic E-state index is 11.9. The van der Waals surface area contributed by atoms with Crippen LogP contribution < -0.4 is 10.6 Å². The van der Waals surface area contributed by atoms with Crippen LogP contribution in [0.15, 0.2) is 12.3 Å². The lowest BCUT2D eigenvalue weighted by Crippen LogP contribution is -2.35. The van der Waals surface area contributed by atoms with E-state index < -0.39 is 0 Å². The quantitative estimate of drug-likeness (QED) is 0.823. The molecule has 6 nitrogen and oxygen atoms in total. The van der Waals surface area contributed by atoms with Gasteiger partial charge in [-0.2, -0.15) is 0 Å². The largest absolute Gasteiger partial charge is 0.461 e. The average Bonchev–Trinajstić information content (AvgIpc) is 2.99. The number of esters is 1. The number of aromatic nitrogens is 1. The van der Waals surface area contributed by atoms with E-state index >= 15 is 0 Å². The van der Waals surface area contributed by atoms with Gasteiger partial charge in [0.15, 0.2) is 0 Å². The predicted octanol–water partition coefficient (Wildman–Crippen LogP) is 1.31. The monoisotopic (exact) mass is 301 g/mol. The van der Waals surface area contributed by atoms with Crippen LogP contribution in [0.2, 0.25) is 0 Å². The fraction of sp³-hybridized carbons (Fsp3) is 0.538. The second kappa shape index (κ2) is 7.31. The van der Waals surface area contributed by atoms with E-state index in [9.17, 15) is 9.59 Å². The molecule has 2 N–H and O–H groups in total. The third-order valence-corrected chi connectivity index (χ3v) is 3.13. The van der Waals surface area contributed by atoms with Crippen molar-refractivity contribution in [3.05, 3.63) is 18.0 Å². The summed E-state index contributed by atoms with van der Waals surface area (Å²) in [5, 5.41) is 5.94. The lowest BCUT2D eigenvalue weighted by Gasteiger charge is -2.09. The molecule has 2 rings (SSSR count). The van der Waals surface area contributed by atoms with Gasteiger partial charge in [-0.25, -0.2) is 4.79 Å². The van der Waals surface area contributed by atoms with Crippen LogP contribution in [0.3, 0.4) is 0 Å². The number of hydrogen-bond acceptors (Lipinski definition) is 4. The summed E-state index contributed by atoms with van der Waals surface area (Å²) < 4.78 is 6.59. The van der Waals surface area contributed by atoms with Crippen LogP contribution in [0.1, 0.15) is 30.3 Å². The molecular formula is C13H20ClN3O3. The number of nitrogens with one attached hydrogen (secondary N) is 2. The van der Waals surface area contributed by atoms with Crippen molar-refractivity contribution < 1.29 is 14.3 Å². The second-order valence-electron chi connectivity index (χ2n) is 4.58. The fourth-order valence-corrected chi connectivity index (χ4v) is 2.18. The molecule has 0 radical (unpaired) electrons. The highest BCUT2D eigenvalue weighted by Crippen LogP contribution is 2.15. The first-order chi connectivity index (χ1) is 9.11. The zero-order valence-corrected chi connectivity index (χ0v) is 12.5. The van der Waals surface area contributed by atoms with Crippen molar-refractivity contribution >= 4 is 30.0 Å². The van der Waals surface area contributed by atoms with E-state index in [1.807, 2.05) is 0 Å². The third-order valence-electron chi connectivity index (χ3n) is 3.13. The number of hydrogen-bond donors (Lipinski definition) is 2. The Labute approximate surface area is 124 Å². The zero-order chi connectivity index (χ0) is 13.8. The normalized spacial score (nSPS) is 17.4. The van der Waals surface area contributed by atoms with Crippen molar-refractivity contribution in [1.82, 2.24) is 9.88 Å². The van der Waals surface area contributed by atoms with Gasteiger partial charge in [0.05, 0.1) is 18.3 Å². The minimum atomic E-state index is -0.385. The first kappa shape index (κ1) is 16.5. The first-order valence-corrected chi connectivity index (χ1v) is 6.49. The Morgan fingerprint density at radius 1 is 1.55 bits per heavy atom. The smallest absolute Gasteiger partial charge is 0.355 e. The molecule has 0 aliphatic carbocycles. The summed E-state index contributed by atoms with van der Waals surface area (Å²) in [5.74, 6) is -0.442. The van der Waals surface area contributed by atoms with Crippen molar-refractivity contribution in [2.75, 3.05) is 18.5 Å². The minimum Gasteiger partial charge on any atom is -0.461 e. The van der Waals surface area contributed by atoms with Crippen LogP contribution in [0.25, 0.3) is 0 Å². The van der Waals surface area contributed by atoms with Crippen molar-refractivity contribution in [2.24, 2.45) is 7.05 Å². The Balaban J connectivity index is 0.00000200. The Kier molecular flexibility index (Phi) is 6.04. The van der Waals surface area contributed by atoms with Gasteiger partial charge in [-0.15, -0.1) is 12.4 Å². The first-order valence-electron chi connectivity index (χ1n) is 6.49. The molecule has 1 fully saturated rings. The van der Waals surface area contributed by atoms with Crippen molar-refractivity contribution in [3.8, 4) is 0 Å². The van der Waals surface area contributed by atoms with E-state index in [0.717, 1.165) is 19.4 Å². The summed E-state index contributed by atoms with van der Waals surface area (Å²) in [6.45, 7) is 2.97. The molecule has 2 heterocycles. The molecule has 0 saturated carbocycles. The molecule has 1 atom stereocenters. The molecule has 0 bridgehead atoms. The molecule has 0 aromatic carbocycles. The van der Waals surface area contributed by atoms with Gasteiger partial charge < -0.3 is 19.9 Å². The Bertz CT molecular complexity index is 481. The van der Waals surface area contributed by atoms with Crippen molar-refractivity contribution in [3.63, 3.8) is 0 Å². The molecule has 1 amide bonds. The predicted molar refractivity (Wildman–Crippen MR) is 78.3 cm³/mol. The molecule has 0 spiro atoms. The molecule has 1 saturated heterocycles. The van der Waals surface area contributed by atoms with Crippen LogP contribution >= 0.6 is 12.4 Å². The van der Waals surface area contributed by atoms with Crippen molar-refractivity contribution in [2.45, 2.75) is 25.8 Å². The lowest BCUT2D eigenvalue weighted by molar-refractivity contribution is -0.117. The van der Waals surface area contributed by atoms with Crippen LogP contribution in [0, 0.1) is 0 Å². The standard InChI is InChI=1S/C13H19N3O3.ClH/c1-3-19-13(18)11-7-9(8-16(11)2)15-12(17)10-5-4-6-14-10;/h7-8,10,14H,3-6H2,1-2H3,(H,15,17);1H. The Morgan fingerprint density at radius 3 is 2.90 bits per heavy atom. The highest BCUT2D eigenvalue weighted by molar-refractivity contribution is 5.97. The van der Waals surface area contributed by atoms with Gasteiger partial charge in [-0.05, 0) is 32.4 Å². The SMILES string of the molecule is CCOC(=O)c1cc(NC(=O)C2CCCN2)cn1C.Cl. The zero-order valence-electron chi connectivity index (χ0n) is 11.6. The van der Waals surface area contributed by atoms with Crippen LogP contribution in [0.5, 0.6) is 0 Å². The van der Waals surface area contributed by atoms with Crippen LogP contribution in [-0.2, 0) is 16.6 Å². The molecule has 112 valence electrons. The van der Waals surface area contributed by atoms with Gasteiger partial charge in [-0.1, -0.05) is 0 Å². The van der Waals surface area contributed by atoms with E-state index in [2.05, 4.69) is 10.6 Å². The number of anilines is 1. The summed E-state index contributed by atoms with van der Waals surface area (Å²) in [4.78, 5) is 23.6. The third kappa shape index (κ3) is 3.74. The number of carbonyl (C=O) groups is 2. The summed E-state index contributed by atoms with van der Waals surface area (Å²) >= 11 is 0. The van der Waals surface area contributed by atoms with Gasteiger partial charge in [0.1, 0.15) is 5.69 Å². The van der Waals surface area contributed by atoms with Gasteiger partial charge in [0.2, 0.25) is 5.91 Å². The van der Waals surface area contributed by atoms with Crippen LogP contribution in [0.4, 0.5) is 5.69 Å². The second-order valence-corrected chi connectivity index (χ2v) is 4.58. The number of aryl methyl sites for hydroxylation is 1. The van der Waals surface area contributed by atoms with Crippen molar-refractivity contribution in [1.29, 1.82) is 0 Å². The molecule has 1 aromatic rings. The highest BCUT2D eigenvalue weighted by atomic mass is 35.5. The Hall–Kier alpha value is -1.53. The number of halogens is 1. The molecule has 1 aromatic heterocycles. The van der Waals surface area contributed by atoms with Gasteiger partial charge in [0, 0.05) is 13.2 Å². The number of nitrogens with zero attached hydrogens (tertiary/aromatic N) is 1. The molecule has 1 aliphatic rings. The van der Waals surface area contributed by atoms with Gasteiger partial charge in [-0.3, -0.25) is 4.79 Å². The molecular weight excluding hydrogens is 282 g/mol. The van der Waals surface area contributed by atoms with Gasteiger partial charge >= 0.3 is 5.97 Å². The van der Waals surface area contributed by atoms with E-state index in [1.165, 1.54) is 0 Å². The number of amides is 1. The minimum absolute atomic E-state index is 0. The number of ether oxygens (including phenoxy) is 1. The molecule has 1 unspecified atom stereocenters. The van der Waals surface area contributed by atoms with E-state index in [0.29, 0.717) is 18.0 Å². The maximum atomic E-state index is 11.9. The summed E-state index contributed by atoms with van der Waals surface area (Å²) in [6.07, 6.45) is 3.57. The highest BCUT2D eigenvalue weighted by Gasteiger charge is 2.23. The van der Waals surface area contributed by atoms with E-state index in [-0.39, 0.29) is 30.3 Å². The lowest BCUT2D eigenvalue weighted by atomic mass is 10.2. The topological polar surface area (TPSA) is 72.4 Å². The average molecular weight is 302 g/mol. The summed E-state index contributed by atoms with van der Waals surface area (Å²) in [6, 6.07) is 1.50. The summed E-state index contributed by atoms with van der Waals surface area (Å²) in [7, 11) is 1.75. The Morgan fingerprint density at radius 2 is 2.30 bits per heavy atom.